The molecule has 6 heteroatoms. The van der Waals surface area contributed by atoms with Gasteiger partial charge in [0, 0.05) is 23.6 Å². The first kappa shape index (κ1) is 21.6. The van der Waals surface area contributed by atoms with Gasteiger partial charge in [0.25, 0.3) is 0 Å². The van der Waals surface area contributed by atoms with Crippen molar-refractivity contribution < 1.29 is 18.8 Å². The van der Waals surface area contributed by atoms with Crippen LogP contribution in [-0.4, -0.2) is 47.5 Å². The topological polar surface area (TPSA) is 58.7 Å². The first-order chi connectivity index (χ1) is 16.2. The fourth-order valence-electron chi connectivity index (χ4n) is 4.57. The van der Waals surface area contributed by atoms with Crippen LogP contribution in [-0.2, 0) is 0 Å². The summed E-state index contributed by atoms with van der Waals surface area (Å²) < 4.78 is 24.6. The van der Waals surface area contributed by atoms with E-state index in [9.17, 15) is 9.50 Å². The monoisotopic (exact) mass is 446 g/mol. The standard InChI is InChI=1S/C27H27FN2O3/c28-22-9-10-25-26(16-22)33-29-27(25)21-7-4-8-24(15-21)32-18-23(31)17-30-13-11-20(12-14-30)19-5-2-1-3-6-19/h1-10,15-16,20,23,31H,11-14,17-18H2. The Kier molecular flexibility index (Phi) is 6.37. The van der Waals surface area contributed by atoms with E-state index >= 15 is 0 Å². The Bertz CT molecular complexity index is 1200. The molecule has 0 aliphatic carbocycles. The highest BCUT2D eigenvalue weighted by Crippen LogP contribution is 2.31. The molecular weight excluding hydrogens is 419 g/mol. The van der Waals surface area contributed by atoms with Gasteiger partial charge in [0.2, 0.25) is 0 Å². The molecule has 4 aromatic rings. The fraction of sp³-hybridized carbons (Fsp3) is 0.296. The van der Waals surface area contributed by atoms with Crippen LogP contribution in [0.4, 0.5) is 4.39 Å². The molecule has 170 valence electrons. The fourth-order valence-corrected chi connectivity index (χ4v) is 4.57. The summed E-state index contributed by atoms with van der Waals surface area (Å²) in [6, 6.07) is 22.5. The summed E-state index contributed by atoms with van der Waals surface area (Å²) >= 11 is 0. The van der Waals surface area contributed by atoms with Crippen molar-refractivity contribution in [3.05, 3.63) is 84.2 Å². The molecule has 1 fully saturated rings. The molecule has 1 aromatic heterocycles. The molecule has 5 rings (SSSR count). The second-order valence-corrected chi connectivity index (χ2v) is 8.65. The van der Waals surface area contributed by atoms with Gasteiger partial charge in [-0.15, -0.1) is 0 Å². The summed E-state index contributed by atoms with van der Waals surface area (Å²) in [5, 5.41) is 15.4. The summed E-state index contributed by atoms with van der Waals surface area (Å²) in [5.41, 5.74) is 3.27. The minimum absolute atomic E-state index is 0.215. The van der Waals surface area contributed by atoms with Gasteiger partial charge >= 0.3 is 0 Å². The number of aliphatic hydroxyl groups is 1. The Morgan fingerprint density at radius 1 is 1.03 bits per heavy atom. The van der Waals surface area contributed by atoms with Crippen LogP contribution in [0.5, 0.6) is 5.75 Å². The second kappa shape index (κ2) is 9.73. The zero-order valence-electron chi connectivity index (χ0n) is 18.4. The minimum atomic E-state index is -0.571. The van der Waals surface area contributed by atoms with E-state index in [-0.39, 0.29) is 12.4 Å². The van der Waals surface area contributed by atoms with Crippen molar-refractivity contribution in [2.45, 2.75) is 24.9 Å². The van der Waals surface area contributed by atoms with Crippen molar-refractivity contribution in [2.75, 3.05) is 26.2 Å². The third-order valence-electron chi connectivity index (χ3n) is 6.31. The quantitative estimate of drug-likeness (QED) is 0.420. The Morgan fingerprint density at radius 3 is 2.67 bits per heavy atom. The maximum Gasteiger partial charge on any atom is 0.170 e. The molecule has 1 aliphatic rings. The summed E-state index contributed by atoms with van der Waals surface area (Å²) in [4.78, 5) is 2.31. The van der Waals surface area contributed by atoms with Gasteiger partial charge in [-0.1, -0.05) is 47.6 Å². The van der Waals surface area contributed by atoms with Crippen molar-refractivity contribution in [3.63, 3.8) is 0 Å². The van der Waals surface area contributed by atoms with Gasteiger partial charge in [0.15, 0.2) is 5.58 Å². The Balaban J connectivity index is 1.15. The average Bonchev–Trinajstić information content (AvgIpc) is 3.27. The van der Waals surface area contributed by atoms with Gasteiger partial charge in [0.05, 0.1) is 0 Å². The number of hydrogen-bond donors (Lipinski definition) is 1. The Labute approximate surface area is 192 Å². The summed E-state index contributed by atoms with van der Waals surface area (Å²) in [7, 11) is 0. The summed E-state index contributed by atoms with van der Waals surface area (Å²) in [6.45, 7) is 2.77. The van der Waals surface area contributed by atoms with E-state index in [4.69, 9.17) is 9.26 Å². The minimum Gasteiger partial charge on any atom is -0.491 e. The van der Waals surface area contributed by atoms with Gasteiger partial charge in [-0.05, 0) is 61.7 Å². The van der Waals surface area contributed by atoms with Crippen LogP contribution in [0.2, 0.25) is 0 Å². The highest BCUT2D eigenvalue weighted by molar-refractivity contribution is 5.91. The SMILES string of the molecule is OC(COc1cccc(-c2noc3cc(F)ccc23)c1)CN1CCC(c2ccccc2)CC1. The van der Waals surface area contributed by atoms with Gasteiger partial charge in [-0.3, -0.25) is 0 Å². The number of aliphatic hydroxyl groups excluding tert-OH is 1. The maximum atomic E-state index is 13.4. The number of rotatable bonds is 7. The Hall–Kier alpha value is -3.22. The lowest BCUT2D eigenvalue weighted by Crippen LogP contribution is -2.40. The molecule has 1 atom stereocenters. The molecule has 2 heterocycles. The number of halogens is 1. The van der Waals surface area contributed by atoms with Crippen LogP contribution in [0.15, 0.2) is 77.3 Å². The van der Waals surface area contributed by atoms with Gasteiger partial charge < -0.3 is 19.3 Å². The number of likely N-dealkylation sites (tertiary alicyclic amines) is 1. The van der Waals surface area contributed by atoms with E-state index in [1.807, 2.05) is 24.3 Å². The van der Waals surface area contributed by atoms with Gasteiger partial charge in [-0.2, -0.15) is 0 Å². The predicted octanol–water partition coefficient (Wildman–Crippen LogP) is 5.25. The third kappa shape index (κ3) is 5.07. The van der Waals surface area contributed by atoms with Crippen LogP contribution in [0.1, 0.15) is 24.3 Å². The smallest absolute Gasteiger partial charge is 0.170 e. The van der Waals surface area contributed by atoms with E-state index in [0.29, 0.717) is 29.5 Å². The molecule has 0 amide bonds. The molecule has 3 aromatic carbocycles. The van der Waals surface area contributed by atoms with E-state index < -0.39 is 6.10 Å². The third-order valence-corrected chi connectivity index (χ3v) is 6.31. The number of aromatic nitrogens is 1. The average molecular weight is 447 g/mol. The van der Waals surface area contributed by atoms with Crippen molar-refractivity contribution in [1.82, 2.24) is 10.1 Å². The Morgan fingerprint density at radius 2 is 1.85 bits per heavy atom. The number of ether oxygens (including phenoxy) is 1. The van der Waals surface area contributed by atoms with E-state index in [1.165, 1.54) is 17.7 Å². The molecule has 0 radical (unpaired) electrons. The molecule has 5 nitrogen and oxygen atoms in total. The lowest BCUT2D eigenvalue weighted by Gasteiger charge is -2.33. The molecule has 1 saturated heterocycles. The van der Waals surface area contributed by atoms with Crippen molar-refractivity contribution >= 4 is 11.0 Å². The highest BCUT2D eigenvalue weighted by Gasteiger charge is 2.22. The van der Waals surface area contributed by atoms with E-state index in [1.54, 1.807) is 6.07 Å². The zero-order valence-corrected chi connectivity index (χ0v) is 18.4. The van der Waals surface area contributed by atoms with E-state index in [0.717, 1.165) is 36.9 Å². The predicted molar refractivity (Wildman–Crippen MR) is 126 cm³/mol. The molecule has 0 spiro atoms. The molecular formula is C27H27FN2O3. The largest absolute Gasteiger partial charge is 0.491 e. The molecule has 0 bridgehead atoms. The summed E-state index contributed by atoms with van der Waals surface area (Å²) in [5.74, 6) is 0.885. The number of piperidine rings is 1. The van der Waals surface area contributed by atoms with Crippen LogP contribution < -0.4 is 4.74 Å². The van der Waals surface area contributed by atoms with Crippen LogP contribution >= 0.6 is 0 Å². The number of benzene rings is 3. The normalized spacial score (nSPS) is 16.2. The van der Waals surface area contributed by atoms with Crippen molar-refractivity contribution in [3.8, 4) is 17.0 Å². The zero-order chi connectivity index (χ0) is 22.6. The first-order valence-electron chi connectivity index (χ1n) is 11.4. The highest BCUT2D eigenvalue weighted by atomic mass is 19.1. The molecule has 1 unspecified atom stereocenters. The van der Waals surface area contributed by atoms with Crippen LogP contribution in [0, 0.1) is 5.82 Å². The summed E-state index contributed by atoms with van der Waals surface area (Å²) in [6.07, 6.45) is 1.64. The molecule has 33 heavy (non-hydrogen) atoms. The molecule has 1 N–H and O–H groups in total. The number of β-amino-alcohol motifs (C(OH)–C–C–N with tert-alkyl or cyclic N) is 1. The second-order valence-electron chi connectivity index (χ2n) is 8.65. The van der Waals surface area contributed by atoms with Gasteiger partial charge in [-0.25, -0.2) is 4.39 Å². The first-order valence-corrected chi connectivity index (χ1v) is 11.4. The number of hydrogen-bond acceptors (Lipinski definition) is 5. The van der Waals surface area contributed by atoms with Crippen LogP contribution in [0.25, 0.3) is 22.2 Å². The van der Waals surface area contributed by atoms with Crippen molar-refractivity contribution in [1.29, 1.82) is 0 Å². The molecule has 0 saturated carbocycles. The molecule has 1 aliphatic heterocycles. The number of nitrogens with zero attached hydrogens (tertiary/aromatic N) is 2. The van der Waals surface area contributed by atoms with Crippen LogP contribution in [0.3, 0.4) is 0 Å². The van der Waals surface area contributed by atoms with Crippen molar-refractivity contribution in [2.24, 2.45) is 0 Å². The lowest BCUT2D eigenvalue weighted by atomic mass is 9.89. The number of fused-ring (bicyclic) bond motifs is 1. The van der Waals surface area contributed by atoms with Gasteiger partial charge in [0.1, 0.15) is 30.0 Å². The lowest BCUT2D eigenvalue weighted by molar-refractivity contribution is 0.0594. The maximum absolute atomic E-state index is 13.4. The van der Waals surface area contributed by atoms with E-state index in [2.05, 4.69) is 40.4 Å².